The molecule has 0 aliphatic heterocycles. The lowest BCUT2D eigenvalue weighted by atomic mass is 10.1. The number of rotatable bonds is 4. The number of nitrogens with zero attached hydrogens (tertiary/aromatic N) is 2. The number of carbonyl (C=O) groups is 1. The Morgan fingerprint density at radius 2 is 1.92 bits per heavy atom. The van der Waals surface area contributed by atoms with E-state index in [1.54, 1.807) is 30.3 Å². The van der Waals surface area contributed by atoms with Crippen LogP contribution in [0.25, 0.3) is 6.08 Å². The fourth-order valence-corrected chi connectivity index (χ4v) is 2.86. The summed E-state index contributed by atoms with van der Waals surface area (Å²) in [6.07, 6.45) is 1.40. The largest absolute Gasteiger partial charge is 0.319 e. The Hall–Kier alpha value is -2.40. The van der Waals surface area contributed by atoms with Crippen molar-refractivity contribution in [3.8, 4) is 6.07 Å². The summed E-state index contributed by atoms with van der Waals surface area (Å²) < 4.78 is 0.792. The van der Waals surface area contributed by atoms with E-state index in [9.17, 15) is 20.2 Å². The second-order valence-electron chi connectivity index (χ2n) is 4.72. The van der Waals surface area contributed by atoms with Crippen LogP contribution in [0.15, 0.2) is 46.4 Å². The number of hydrogen-bond donors (Lipinski definition) is 1. The molecule has 2 aromatic carbocycles. The van der Waals surface area contributed by atoms with Gasteiger partial charge in [-0.05, 0) is 23.8 Å². The Morgan fingerprint density at radius 3 is 2.44 bits per heavy atom. The molecule has 25 heavy (non-hydrogen) atoms. The van der Waals surface area contributed by atoms with Gasteiger partial charge >= 0.3 is 0 Å². The van der Waals surface area contributed by atoms with Gasteiger partial charge in [-0.2, -0.15) is 5.26 Å². The molecule has 0 saturated carbocycles. The molecule has 0 aromatic heterocycles. The number of nitriles is 1. The van der Waals surface area contributed by atoms with Gasteiger partial charge in [0.2, 0.25) is 0 Å². The number of nitrogens with one attached hydrogen (secondary N) is 1. The summed E-state index contributed by atoms with van der Waals surface area (Å²) in [4.78, 5) is 22.4. The minimum Gasteiger partial charge on any atom is -0.319 e. The number of nitro groups is 1. The van der Waals surface area contributed by atoms with Crippen molar-refractivity contribution in [3.63, 3.8) is 0 Å². The predicted octanol–water partition coefficient (Wildman–Crippen LogP) is 5.21. The molecule has 0 radical (unpaired) electrons. The Bertz CT molecular complexity index is 915. The molecule has 1 amide bonds. The lowest BCUT2D eigenvalue weighted by molar-refractivity contribution is -0.384. The monoisotopic (exact) mass is 439 g/mol. The first kappa shape index (κ1) is 18.9. The van der Waals surface area contributed by atoms with Crippen molar-refractivity contribution in [2.24, 2.45) is 0 Å². The van der Waals surface area contributed by atoms with Crippen molar-refractivity contribution < 1.29 is 9.72 Å². The first-order chi connectivity index (χ1) is 11.8. The van der Waals surface area contributed by atoms with Crippen molar-refractivity contribution in [3.05, 3.63) is 72.2 Å². The maximum atomic E-state index is 12.3. The summed E-state index contributed by atoms with van der Waals surface area (Å²) in [5, 5.41) is 22.2. The van der Waals surface area contributed by atoms with Gasteiger partial charge in [-0.1, -0.05) is 51.3 Å². The molecule has 0 fully saturated rings. The molecule has 2 aromatic rings. The Kier molecular flexibility index (Phi) is 6.15. The highest BCUT2D eigenvalue weighted by atomic mass is 79.9. The molecule has 0 spiro atoms. The van der Waals surface area contributed by atoms with Gasteiger partial charge in [0, 0.05) is 16.6 Å². The van der Waals surface area contributed by atoms with E-state index in [2.05, 4.69) is 21.2 Å². The molecule has 0 bridgehead atoms. The maximum Gasteiger partial charge on any atom is 0.272 e. The minimum absolute atomic E-state index is 0.00525. The Labute approximate surface area is 160 Å². The van der Waals surface area contributed by atoms with Gasteiger partial charge in [-0.15, -0.1) is 0 Å². The fourth-order valence-electron chi connectivity index (χ4n) is 1.88. The highest BCUT2D eigenvalue weighted by Crippen LogP contribution is 2.35. The van der Waals surface area contributed by atoms with Crippen molar-refractivity contribution in [1.29, 1.82) is 5.26 Å². The topological polar surface area (TPSA) is 96.0 Å². The number of nitro benzene ring substituents is 1. The summed E-state index contributed by atoms with van der Waals surface area (Å²) >= 11 is 15.2. The maximum absolute atomic E-state index is 12.3. The second-order valence-corrected chi connectivity index (χ2v) is 6.45. The quantitative estimate of drug-likeness (QED) is 0.305. The van der Waals surface area contributed by atoms with Gasteiger partial charge in [-0.3, -0.25) is 14.9 Å². The number of anilines is 1. The lowest BCUT2D eigenvalue weighted by Gasteiger charge is -2.09. The number of carbonyl (C=O) groups excluding carboxylic acids is 1. The molecule has 0 aliphatic rings. The lowest BCUT2D eigenvalue weighted by Crippen LogP contribution is -2.14. The molecule has 1 N–H and O–H groups in total. The summed E-state index contributed by atoms with van der Waals surface area (Å²) in [5.74, 6) is -0.736. The Balaban J connectivity index is 2.32. The summed E-state index contributed by atoms with van der Waals surface area (Å²) in [6, 6.07) is 10.9. The molecular formula is C16H8BrCl2N3O3. The normalized spacial score (nSPS) is 10.9. The third-order valence-electron chi connectivity index (χ3n) is 3.00. The first-order valence-electron chi connectivity index (χ1n) is 6.64. The molecule has 126 valence electrons. The average Bonchev–Trinajstić information content (AvgIpc) is 2.55. The van der Waals surface area contributed by atoms with E-state index in [0.29, 0.717) is 5.56 Å². The number of halogens is 3. The number of hydrogen-bond acceptors (Lipinski definition) is 4. The summed E-state index contributed by atoms with van der Waals surface area (Å²) in [6.45, 7) is 0. The zero-order valence-electron chi connectivity index (χ0n) is 12.3. The fraction of sp³-hybridized carbons (Fsp3) is 0. The molecule has 2 rings (SSSR count). The zero-order valence-corrected chi connectivity index (χ0v) is 15.4. The van der Waals surface area contributed by atoms with Crippen LogP contribution in [-0.4, -0.2) is 10.8 Å². The second kappa shape index (κ2) is 8.12. The van der Waals surface area contributed by atoms with Gasteiger partial charge in [0.25, 0.3) is 11.6 Å². The third-order valence-corrected chi connectivity index (χ3v) is 4.09. The van der Waals surface area contributed by atoms with Gasteiger partial charge in [0.1, 0.15) is 11.6 Å². The van der Waals surface area contributed by atoms with E-state index in [4.69, 9.17) is 23.2 Å². The van der Waals surface area contributed by atoms with Crippen molar-refractivity contribution in [2.45, 2.75) is 0 Å². The van der Waals surface area contributed by atoms with Crippen LogP contribution in [0.5, 0.6) is 0 Å². The standard InChI is InChI=1S/C16H8BrCl2N3O3/c17-11-3-1-2-9(5-11)4-10(8-20)16(23)21-15-13(18)6-12(22(24)25)7-14(15)19/h1-7H,(H,21,23)/b10-4+. The first-order valence-corrected chi connectivity index (χ1v) is 8.19. The van der Waals surface area contributed by atoms with Crippen LogP contribution in [0.4, 0.5) is 11.4 Å². The van der Waals surface area contributed by atoms with Gasteiger partial charge < -0.3 is 5.32 Å². The van der Waals surface area contributed by atoms with Crippen LogP contribution >= 0.6 is 39.1 Å². The van der Waals surface area contributed by atoms with Gasteiger partial charge in [0.15, 0.2) is 0 Å². The zero-order chi connectivity index (χ0) is 18.6. The van der Waals surface area contributed by atoms with E-state index in [0.717, 1.165) is 16.6 Å². The predicted molar refractivity (Wildman–Crippen MR) is 99.5 cm³/mol. The van der Waals surface area contributed by atoms with Crippen LogP contribution in [0.3, 0.4) is 0 Å². The van der Waals surface area contributed by atoms with Crippen LogP contribution in [0.2, 0.25) is 10.0 Å². The SMILES string of the molecule is N#C/C(=C\c1cccc(Br)c1)C(=O)Nc1c(Cl)cc([N+](=O)[O-])cc1Cl. The number of benzene rings is 2. The molecule has 0 heterocycles. The van der Waals surface area contributed by atoms with Crippen molar-refractivity contribution in [1.82, 2.24) is 0 Å². The summed E-state index contributed by atoms with van der Waals surface area (Å²) in [5.41, 5.74) is 0.151. The minimum atomic E-state index is -0.736. The molecular weight excluding hydrogens is 433 g/mol. The average molecular weight is 441 g/mol. The molecule has 0 saturated heterocycles. The molecule has 0 atom stereocenters. The van der Waals surface area contributed by atoms with E-state index >= 15 is 0 Å². The van der Waals surface area contributed by atoms with E-state index in [-0.39, 0.29) is 27.0 Å². The third kappa shape index (κ3) is 4.79. The molecule has 0 unspecified atom stereocenters. The van der Waals surface area contributed by atoms with Crippen LogP contribution < -0.4 is 5.32 Å². The van der Waals surface area contributed by atoms with Gasteiger partial charge in [-0.25, -0.2) is 0 Å². The number of non-ortho nitro benzene ring substituents is 1. The van der Waals surface area contributed by atoms with E-state index < -0.39 is 10.8 Å². The van der Waals surface area contributed by atoms with Crippen LogP contribution in [0, 0.1) is 21.4 Å². The van der Waals surface area contributed by atoms with Crippen molar-refractivity contribution in [2.75, 3.05) is 5.32 Å². The van der Waals surface area contributed by atoms with E-state index in [1.165, 1.54) is 6.08 Å². The molecule has 9 heteroatoms. The number of amides is 1. The van der Waals surface area contributed by atoms with Crippen LogP contribution in [0.1, 0.15) is 5.56 Å². The van der Waals surface area contributed by atoms with Gasteiger partial charge in [0.05, 0.1) is 20.7 Å². The van der Waals surface area contributed by atoms with E-state index in [1.807, 2.05) is 0 Å². The van der Waals surface area contributed by atoms with Crippen LogP contribution in [-0.2, 0) is 4.79 Å². The van der Waals surface area contributed by atoms with Crippen molar-refractivity contribution >= 4 is 62.5 Å². The Morgan fingerprint density at radius 1 is 1.28 bits per heavy atom. The molecule has 6 nitrogen and oxygen atoms in total. The smallest absolute Gasteiger partial charge is 0.272 e. The molecule has 0 aliphatic carbocycles. The highest BCUT2D eigenvalue weighted by molar-refractivity contribution is 9.10. The highest BCUT2D eigenvalue weighted by Gasteiger charge is 2.18. The summed E-state index contributed by atoms with van der Waals surface area (Å²) in [7, 11) is 0.